The monoisotopic (exact) mass is 389 g/mol. The Kier molecular flexibility index (Phi) is 5.19. The van der Waals surface area contributed by atoms with Gasteiger partial charge in [-0.15, -0.1) is 10.2 Å². The van der Waals surface area contributed by atoms with Crippen molar-refractivity contribution in [1.82, 2.24) is 23.8 Å². The van der Waals surface area contributed by atoms with Gasteiger partial charge >= 0.3 is 0 Å². The zero-order valence-corrected chi connectivity index (χ0v) is 15.8. The summed E-state index contributed by atoms with van der Waals surface area (Å²) in [5.74, 6) is 1.41. The summed E-state index contributed by atoms with van der Waals surface area (Å²) in [5, 5.41) is 11.7. The third kappa shape index (κ3) is 4.02. The van der Waals surface area contributed by atoms with Crippen LogP contribution in [-0.4, -0.2) is 71.5 Å². The third-order valence-corrected chi connectivity index (χ3v) is 6.92. The van der Waals surface area contributed by atoms with E-state index in [-0.39, 0.29) is 0 Å². The van der Waals surface area contributed by atoms with E-state index in [1.54, 1.807) is 21.0 Å². The summed E-state index contributed by atoms with van der Waals surface area (Å²) in [6.07, 6.45) is 5.32. The van der Waals surface area contributed by atoms with Crippen LogP contribution in [0.25, 0.3) is 0 Å². The summed E-state index contributed by atoms with van der Waals surface area (Å²) < 4.78 is 28.5. The van der Waals surface area contributed by atoms with E-state index in [2.05, 4.69) is 25.4 Å². The molecule has 0 atom stereocenters. The van der Waals surface area contributed by atoms with Gasteiger partial charge in [0.1, 0.15) is 0 Å². The highest BCUT2D eigenvalue weighted by molar-refractivity contribution is 7.86. The average Bonchev–Trinajstić information content (AvgIpc) is 3.25. The number of rotatable bonds is 5. The molecule has 2 aliphatic rings. The van der Waals surface area contributed by atoms with Gasteiger partial charge in [-0.2, -0.15) is 17.0 Å². The lowest BCUT2D eigenvalue weighted by Crippen LogP contribution is -2.52. The molecule has 1 N–H and O–H groups in total. The van der Waals surface area contributed by atoms with Crippen molar-refractivity contribution >= 4 is 27.5 Å². The van der Waals surface area contributed by atoms with Gasteiger partial charge in [-0.3, -0.25) is 4.98 Å². The summed E-state index contributed by atoms with van der Waals surface area (Å²) >= 11 is 0. The first-order valence-corrected chi connectivity index (χ1v) is 10.5. The van der Waals surface area contributed by atoms with Gasteiger partial charge in [0.05, 0.1) is 0 Å². The van der Waals surface area contributed by atoms with E-state index in [0.29, 0.717) is 45.1 Å². The zero-order chi connectivity index (χ0) is 18.7. The van der Waals surface area contributed by atoms with Crippen molar-refractivity contribution in [3.63, 3.8) is 0 Å². The highest BCUT2D eigenvalue weighted by Crippen LogP contribution is 2.21. The number of hydrogen-bond acceptors (Lipinski definition) is 7. The summed E-state index contributed by atoms with van der Waals surface area (Å²) in [6, 6.07) is 7.49. The quantitative estimate of drug-likeness (QED) is 0.817. The molecule has 0 spiro atoms. The molecule has 144 valence electrons. The third-order valence-electron chi connectivity index (χ3n) is 4.88. The number of piperazine rings is 1. The Morgan fingerprint density at radius 3 is 2.11 bits per heavy atom. The molecule has 4 rings (SSSR count). The second-order valence-electron chi connectivity index (χ2n) is 6.64. The molecular formula is C17H23N7O2S. The molecule has 27 heavy (non-hydrogen) atoms. The maximum atomic E-state index is 12.6. The topological polar surface area (TPSA) is 94.6 Å². The molecule has 2 aromatic heterocycles. The molecule has 2 fully saturated rings. The van der Waals surface area contributed by atoms with Gasteiger partial charge in [0.2, 0.25) is 0 Å². The van der Waals surface area contributed by atoms with E-state index in [1.165, 1.54) is 0 Å². The average molecular weight is 389 g/mol. The molecule has 0 aliphatic carbocycles. The van der Waals surface area contributed by atoms with Crippen LogP contribution in [0, 0.1) is 0 Å². The van der Waals surface area contributed by atoms with E-state index >= 15 is 0 Å². The maximum absolute atomic E-state index is 12.6. The molecule has 0 unspecified atom stereocenters. The molecule has 10 heteroatoms. The van der Waals surface area contributed by atoms with E-state index in [1.807, 2.05) is 24.3 Å². The fourth-order valence-electron chi connectivity index (χ4n) is 3.37. The van der Waals surface area contributed by atoms with Crippen LogP contribution in [0.1, 0.15) is 12.8 Å². The molecule has 0 amide bonds. The second kappa shape index (κ2) is 7.75. The van der Waals surface area contributed by atoms with Crippen LogP contribution in [-0.2, 0) is 10.2 Å². The van der Waals surface area contributed by atoms with Crippen molar-refractivity contribution in [2.24, 2.45) is 0 Å². The van der Waals surface area contributed by atoms with Crippen molar-refractivity contribution in [3.8, 4) is 0 Å². The predicted molar refractivity (Wildman–Crippen MR) is 103 cm³/mol. The van der Waals surface area contributed by atoms with Crippen LogP contribution >= 0.6 is 0 Å². The number of pyridine rings is 1. The van der Waals surface area contributed by atoms with Gasteiger partial charge < -0.3 is 10.2 Å². The Hall–Kier alpha value is -2.30. The van der Waals surface area contributed by atoms with Gasteiger partial charge in [-0.25, -0.2) is 0 Å². The van der Waals surface area contributed by atoms with Crippen LogP contribution in [0.15, 0.2) is 36.7 Å². The Labute approximate surface area is 159 Å². The molecule has 9 nitrogen and oxygen atoms in total. The van der Waals surface area contributed by atoms with Gasteiger partial charge in [-0.1, -0.05) is 0 Å². The Bertz CT molecular complexity index is 847. The van der Waals surface area contributed by atoms with Crippen LogP contribution < -0.4 is 10.2 Å². The first kappa shape index (κ1) is 18.1. The summed E-state index contributed by atoms with van der Waals surface area (Å²) in [4.78, 5) is 6.05. The molecule has 2 aliphatic heterocycles. The highest BCUT2D eigenvalue weighted by Gasteiger charge is 2.33. The van der Waals surface area contributed by atoms with E-state index in [9.17, 15) is 8.42 Å². The highest BCUT2D eigenvalue weighted by atomic mass is 32.2. The Morgan fingerprint density at radius 1 is 0.815 bits per heavy atom. The van der Waals surface area contributed by atoms with Crippen molar-refractivity contribution < 1.29 is 8.42 Å². The first-order chi connectivity index (χ1) is 13.1. The molecule has 0 bridgehead atoms. The van der Waals surface area contributed by atoms with Crippen molar-refractivity contribution in [1.29, 1.82) is 0 Å². The number of hydrogen-bond donors (Lipinski definition) is 1. The van der Waals surface area contributed by atoms with Gasteiger partial charge in [0.25, 0.3) is 10.2 Å². The molecule has 2 aromatic rings. The van der Waals surface area contributed by atoms with Crippen molar-refractivity contribution in [2.45, 2.75) is 12.8 Å². The Balaban J connectivity index is 1.35. The van der Waals surface area contributed by atoms with Crippen molar-refractivity contribution in [3.05, 3.63) is 36.7 Å². The fraction of sp³-hybridized carbons (Fsp3) is 0.471. The van der Waals surface area contributed by atoms with Gasteiger partial charge in [-0.05, 0) is 37.1 Å². The van der Waals surface area contributed by atoms with E-state index in [0.717, 1.165) is 24.3 Å². The predicted octanol–water partition coefficient (Wildman–Crippen LogP) is 1.08. The number of aromatic nitrogens is 3. The van der Waals surface area contributed by atoms with Crippen LogP contribution in [0.3, 0.4) is 0 Å². The maximum Gasteiger partial charge on any atom is 0.282 e. The number of anilines is 3. The molecule has 0 saturated carbocycles. The second-order valence-corrected chi connectivity index (χ2v) is 8.57. The Morgan fingerprint density at radius 2 is 1.48 bits per heavy atom. The largest absolute Gasteiger partial charge is 0.352 e. The van der Waals surface area contributed by atoms with Gasteiger partial charge in [0.15, 0.2) is 11.6 Å². The summed E-state index contributed by atoms with van der Waals surface area (Å²) in [5.41, 5.74) is 0.896. The van der Waals surface area contributed by atoms with Crippen LogP contribution in [0.2, 0.25) is 0 Å². The standard InChI is InChI=1S/C17H23N7O2S/c25-27(26,23-9-1-2-10-23)24-13-11-22(12-14-24)17-4-3-16(20-21-17)19-15-5-7-18-8-6-15/h3-8H,1-2,9-14H2,(H,18,19,20). The summed E-state index contributed by atoms with van der Waals surface area (Å²) in [7, 11) is -3.32. The smallest absolute Gasteiger partial charge is 0.282 e. The van der Waals surface area contributed by atoms with E-state index < -0.39 is 10.2 Å². The molecule has 0 radical (unpaired) electrons. The lowest BCUT2D eigenvalue weighted by molar-refractivity contribution is 0.343. The first-order valence-electron chi connectivity index (χ1n) is 9.14. The molecule has 4 heterocycles. The minimum atomic E-state index is -3.32. The molecule has 2 saturated heterocycles. The summed E-state index contributed by atoms with van der Waals surface area (Å²) in [6.45, 7) is 3.44. The number of nitrogens with zero attached hydrogens (tertiary/aromatic N) is 6. The van der Waals surface area contributed by atoms with Gasteiger partial charge in [0, 0.05) is 57.3 Å². The van der Waals surface area contributed by atoms with Crippen LogP contribution in [0.4, 0.5) is 17.3 Å². The zero-order valence-electron chi connectivity index (χ0n) is 15.0. The lowest BCUT2D eigenvalue weighted by Gasteiger charge is -2.36. The van der Waals surface area contributed by atoms with E-state index in [4.69, 9.17) is 0 Å². The SMILES string of the molecule is O=S(=O)(N1CCCC1)N1CCN(c2ccc(Nc3ccncc3)nn2)CC1. The van der Waals surface area contributed by atoms with Crippen LogP contribution in [0.5, 0.6) is 0 Å². The normalized spacial score (nSPS) is 19.3. The minimum absolute atomic E-state index is 0.470. The number of nitrogens with one attached hydrogen (secondary N) is 1. The lowest BCUT2D eigenvalue weighted by atomic mass is 10.3. The minimum Gasteiger partial charge on any atom is -0.352 e. The molecular weight excluding hydrogens is 366 g/mol. The fourth-order valence-corrected chi connectivity index (χ4v) is 5.04. The molecule has 0 aromatic carbocycles. The van der Waals surface area contributed by atoms with Crippen molar-refractivity contribution in [2.75, 3.05) is 49.5 Å².